The summed E-state index contributed by atoms with van der Waals surface area (Å²) < 4.78 is 5.77. The molecule has 4 nitrogen and oxygen atoms in total. The largest absolute Gasteiger partial charge is 0.375 e. The third-order valence-electron chi connectivity index (χ3n) is 4.89. The van der Waals surface area contributed by atoms with Crippen molar-refractivity contribution in [3.05, 3.63) is 54.2 Å². The van der Waals surface area contributed by atoms with E-state index in [1.54, 1.807) is 6.20 Å². The second kappa shape index (κ2) is 6.45. The number of hydrogen-bond acceptors (Lipinski definition) is 3. The molecule has 1 aromatic heterocycles. The number of carbonyl (C=O) groups is 1. The van der Waals surface area contributed by atoms with Crippen LogP contribution in [0, 0.1) is 0 Å². The van der Waals surface area contributed by atoms with Gasteiger partial charge in [-0.3, -0.25) is 9.78 Å². The van der Waals surface area contributed by atoms with Crippen LogP contribution in [0.4, 0.5) is 0 Å². The standard InChI is InChI=1S/C21H22N2O2/c1-13-10-16(11-14(2)25-13)23-21(24)19-12-15-6-3-4-7-17(15)18-8-5-9-22-20(18)19/h3-9,12-14,16H,10-11H2,1-2H3,(H,23,24). The second-order valence-corrected chi connectivity index (χ2v) is 6.94. The molecule has 1 N–H and O–H groups in total. The van der Waals surface area contributed by atoms with Crippen LogP contribution in [0.1, 0.15) is 37.0 Å². The fourth-order valence-electron chi connectivity index (χ4n) is 3.89. The van der Waals surface area contributed by atoms with Crippen molar-refractivity contribution in [1.29, 1.82) is 0 Å². The molecule has 0 saturated carbocycles. The predicted molar refractivity (Wildman–Crippen MR) is 99.7 cm³/mol. The van der Waals surface area contributed by atoms with E-state index in [2.05, 4.69) is 30.2 Å². The highest BCUT2D eigenvalue weighted by molar-refractivity contribution is 6.15. The number of pyridine rings is 1. The lowest BCUT2D eigenvalue weighted by atomic mass is 9.97. The highest BCUT2D eigenvalue weighted by Crippen LogP contribution is 2.28. The van der Waals surface area contributed by atoms with Crippen LogP contribution in [0.5, 0.6) is 0 Å². The van der Waals surface area contributed by atoms with Crippen molar-refractivity contribution in [1.82, 2.24) is 10.3 Å². The van der Waals surface area contributed by atoms with Gasteiger partial charge in [-0.25, -0.2) is 0 Å². The molecule has 0 radical (unpaired) electrons. The van der Waals surface area contributed by atoms with Gasteiger partial charge in [-0.1, -0.05) is 30.3 Å². The maximum atomic E-state index is 13.0. The zero-order chi connectivity index (χ0) is 17.4. The van der Waals surface area contributed by atoms with Crippen LogP contribution in [0.2, 0.25) is 0 Å². The molecule has 0 spiro atoms. The lowest BCUT2D eigenvalue weighted by Gasteiger charge is -2.32. The van der Waals surface area contributed by atoms with Gasteiger partial charge in [-0.15, -0.1) is 0 Å². The molecule has 1 aliphatic heterocycles. The Morgan fingerprint density at radius 3 is 2.60 bits per heavy atom. The summed E-state index contributed by atoms with van der Waals surface area (Å²) in [6.07, 6.45) is 3.76. The number of carbonyl (C=O) groups excluding carboxylic acids is 1. The average Bonchev–Trinajstić information content (AvgIpc) is 2.60. The summed E-state index contributed by atoms with van der Waals surface area (Å²) in [6.45, 7) is 4.11. The minimum Gasteiger partial charge on any atom is -0.375 e. The number of amides is 1. The summed E-state index contributed by atoms with van der Waals surface area (Å²) in [5, 5.41) is 6.39. The second-order valence-electron chi connectivity index (χ2n) is 6.94. The zero-order valence-electron chi connectivity index (χ0n) is 14.5. The van der Waals surface area contributed by atoms with Gasteiger partial charge in [-0.05, 0) is 49.6 Å². The van der Waals surface area contributed by atoms with Crippen LogP contribution < -0.4 is 5.32 Å². The van der Waals surface area contributed by atoms with Crippen LogP contribution in [0.25, 0.3) is 21.7 Å². The van der Waals surface area contributed by atoms with Crippen LogP contribution in [-0.4, -0.2) is 29.1 Å². The van der Waals surface area contributed by atoms with Gasteiger partial charge in [-0.2, -0.15) is 0 Å². The van der Waals surface area contributed by atoms with Crippen molar-refractivity contribution < 1.29 is 9.53 Å². The van der Waals surface area contributed by atoms with Gasteiger partial charge in [0.25, 0.3) is 5.91 Å². The monoisotopic (exact) mass is 334 g/mol. The SMILES string of the molecule is CC1CC(NC(=O)c2cc3ccccc3c3cccnc23)CC(C)O1. The fraction of sp³-hybridized carbons (Fsp3) is 0.333. The molecule has 1 saturated heterocycles. The number of rotatable bonds is 2. The Morgan fingerprint density at radius 1 is 1.08 bits per heavy atom. The topological polar surface area (TPSA) is 51.2 Å². The third-order valence-corrected chi connectivity index (χ3v) is 4.89. The van der Waals surface area contributed by atoms with Gasteiger partial charge in [0.2, 0.25) is 0 Å². The molecule has 0 bridgehead atoms. The van der Waals surface area contributed by atoms with Crippen LogP contribution >= 0.6 is 0 Å². The molecule has 2 heterocycles. The number of aromatic nitrogens is 1. The van der Waals surface area contributed by atoms with Gasteiger partial charge >= 0.3 is 0 Å². The first-order valence-corrected chi connectivity index (χ1v) is 8.84. The Hall–Kier alpha value is -2.46. The first kappa shape index (κ1) is 16.0. The summed E-state index contributed by atoms with van der Waals surface area (Å²) >= 11 is 0. The van der Waals surface area contributed by atoms with Crippen LogP contribution in [0.15, 0.2) is 48.7 Å². The average molecular weight is 334 g/mol. The van der Waals surface area contributed by atoms with Crippen molar-refractivity contribution in [2.75, 3.05) is 0 Å². The molecule has 2 atom stereocenters. The molecular formula is C21H22N2O2. The summed E-state index contributed by atoms with van der Waals surface area (Å²) in [5.74, 6) is -0.0549. The number of nitrogens with one attached hydrogen (secondary N) is 1. The minimum absolute atomic E-state index is 0.0549. The van der Waals surface area contributed by atoms with E-state index in [0.717, 1.165) is 34.5 Å². The van der Waals surface area contributed by atoms with Crippen LogP contribution in [0.3, 0.4) is 0 Å². The Labute approximate surface area is 147 Å². The van der Waals surface area contributed by atoms with E-state index >= 15 is 0 Å². The molecule has 1 amide bonds. The van der Waals surface area contributed by atoms with E-state index < -0.39 is 0 Å². The highest BCUT2D eigenvalue weighted by Gasteiger charge is 2.26. The molecule has 3 aromatic rings. The Balaban J connectivity index is 1.73. The van der Waals surface area contributed by atoms with E-state index in [4.69, 9.17) is 4.74 Å². The predicted octanol–water partition coefficient (Wildman–Crippen LogP) is 4.07. The zero-order valence-corrected chi connectivity index (χ0v) is 14.5. The normalized spacial score (nSPS) is 23.7. The van der Waals surface area contributed by atoms with E-state index in [-0.39, 0.29) is 24.2 Å². The molecule has 4 rings (SSSR count). The van der Waals surface area contributed by atoms with E-state index in [1.165, 1.54) is 0 Å². The van der Waals surface area contributed by atoms with Crippen molar-refractivity contribution in [3.8, 4) is 0 Å². The number of benzene rings is 2. The maximum Gasteiger partial charge on any atom is 0.253 e. The lowest BCUT2D eigenvalue weighted by Crippen LogP contribution is -2.44. The number of nitrogens with zero attached hydrogens (tertiary/aromatic N) is 1. The molecular weight excluding hydrogens is 312 g/mol. The van der Waals surface area contributed by atoms with E-state index in [9.17, 15) is 4.79 Å². The molecule has 2 aromatic carbocycles. The van der Waals surface area contributed by atoms with Crippen molar-refractivity contribution in [2.45, 2.75) is 44.9 Å². The summed E-state index contributed by atoms with van der Waals surface area (Å²) in [6, 6.07) is 14.1. The molecule has 128 valence electrons. The van der Waals surface area contributed by atoms with Gasteiger partial charge in [0.1, 0.15) is 0 Å². The lowest BCUT2D eigenvalue weighted by molar-refractivity contribution is -0.0408. The quantitative estimate of drug-likeness (QED) is 0.719. The maximum absolute atomic E-state index is 13.0. The molecule has 1 fully saturated rings. The fourth-order valence-corrected chi connectivity index (χ4v) is 3.89. The van der Waals surface area contributed by atoms with Crippen molar-refractivity contribution >= 4 is 27.6 Å². The number of hydrogen-bond donors (Lipinski definition) is 1. The molecule has 4 heteroatoms. The Morgan fingerprint density at radius 2 is 1.80 bits per heavy atom. The van der Waals surface area contributed by atoms with E-state index in [0.29, 0.717) is 5.56 Å². The molecule has 1 aliphatic rings. The van der Waals surface area contributed by atoms with Gasteiger partial charge < -0.3 is 10.1 Å². The summed E-state index contributed by atoms with van der Waals surface area (Å²) in [5.41, 5.74) is 1.40. The number of fused-ring (bicyclic) bond motifs is 3. The third kappa shape index (κ3) is 3.10. The first-order chi connectivity index (χ1) is 12.1. The van der Waals surface area contributed by atoms with Gasteiger partial charge in [0, 0.05) is 17.6 Å². The Bertz CT molecular complexity index is 927. The van der Waals surface area contributed by atoms with E-state index in [1.807, 2.05) is 36.4 Å². The molecule has 2 unspecified atom stereocenters. The van der Waals surface area contributed by atoms with Crippen LogP contribution in [-0.2, 0) is 4.74 Å². The first-order valence-electron chi connectivity index (χ1n) is 8.84. The Kier molecular flexibility index (Phi) is 4.14. The van der Waals surface area contributed by atoms with Gasteiger partial charge in [0.15, 0.2) is 0 Å². The summed E-state index contributed by atoms with van der Waals surface area (Å²) in [4.78, 5) is 17.5. The van der Waals surface area contributed by atoms with Crippen molar-refractivity contribution in [2.24, 2.45) is 0 Å². The van der Waals surface area contributed by atoms with Gasteiger partial charge in [0.05, 0.1) is 23.3 Å². The smallest absolute Gasteiger partial charge is 0.253 e. The minimum atomic E-state index is -0.0549. The highest BCUT2D eigenvalue weighted by atomic mass is 16.5. The molecule has 0 aliphatic carbocycles. The van der Waals surface area contributed by atoms with Crippen molar-refractivity contribution in [3.63, 3.8) is 0 Å². The molecule has 25 heavy (non-hydrogen) atoms. The number of ether oxygens (including phenoxy) is 1. The summed E-state index contributed by atoms with van der Waals surface area (Å²) in [7, 11) is 0.